The highest BCUT2D eigenvalue weighted by atomic mass is 127. The minimum Gasteiger partial charge on any atom is -0.361 e. The molecule has 7 nitrogen and oxygen atoms in total. The molecule has 26 heavy (non-hydrogen) atoms. The minimum atomic E-state index is 0. The fourth-order valence-corrected chi connectivity index (χ4v) is 3.43. The van der Waals surface area contributed by atoms with Crippen LogP contribution in [-0.2, 0) is 13.5 Å². The first-order valence-corrected chi connectivity index (χ1v) is 9.02. The van der Waals surface area contributed by atoms with Gasteiger partial charge in [-0.3, -0.25) is 9.67 Å². The second-order valence-electron chi connectivity index (χ2n) is 6.67. The lowest BCUT2D eigenvalue weighted by Crippen LogP contribution is -2.40. The molecular formula is C18H29IN6O. The van der Waals surface area contributed by atoms with Crippen molar-refractivity contribution in [2.24, 2.45) is 12.0 Å². The first kappa shape index (κ1) is 20.7. The van der Waals surface area contributed by atoms with Gasteiger partial charge in [0.05, 0.1) is 11.9 Å². The van der Waals surface area contributed by atoms with Crippen LogP contribution in [0.5, 0.6) is 0 Å². The van der Waals surface area contributed by atoms with E-state index in [2.05, 4.69) is 33.6 Å². The summed E-state index contributed by atoms with van der Waals surface area (Å²) in [5.74, 6) is 2.43. The van der Waals surface area contributed by atoms with Crippen molar-refractivity contribution >= 4 is 29.9 Å². The first-order chi connectivity index (χ1) is 12.1. The van der Waals surface area contributed by atoms with Gasteiger partial charge in [0.15, 0.2) is 5.96 Å². The van der Waals surface area contributed by atoms with E-state index in [4.69, 9.17) is 9.52 Å². The number of aromatic nitrogens is 3. The maximum Gasteiger partial charge on any atom is 0.193 e. The van der Waals surface area contributed by atoms with Crippen molar-refractivity contribution in [3.8, 4) is 0 Å². The molecule has 0 saturated carbocycles. The van der Waals surface area contributed by atoms with Gasteiger partial charge in [-0.2, -0.15) is 5.10 Å². The highest BCUT2D eigenvalue weighted by Gasteiger charge is 2.26. The third-order valence-electron chi connectivity index (χ3n) is 4.82. The van der Waals surface area contributed by atoms with E-state index in [0.717, 1.165) is 56.4 Å². The molecule has 1 atom stereocenters. The topological polar surface area (TPSA) is 71.5 Å². The molecule has 1 aliphatic heterocycles. The number of halogens is 1. The van der Waals surface area contributed by atoms with Crippen LogP contribution in [0, 0.1) is 13.8 Å². The van der Waals surface area contributed by atoms with Crippen molar-refractivity contribution in [1.82, 2.24) is 25.2 Å². The Morgan fingerprint density at radius 3 is 2.85 bits per heavy atom. The molecule has 1 aliphatic rings. The van der Waals surface area contributed by atoms with E-state index in [0.29, 0.717) is 5.92 Å². The molecule has 0 radical (unpaired) electrons. The summed E-state index contributed by atoms with van der Waals surface area (Å²) < 4.78 is 7.11. The Labute approximate surface area is 172 Å². The second-order valence-corrected chi connectivity index (χ2v) is 6.67. The highest BCUT2D eigenvalue weighted by molar-refractivity contribution is 14.0. The van der Waals surface area contributed by atoms with Gasteiger partial charge in [-0.15, -0.1) is 24.0 Å². The van der Waals surface area contributed by atoms with Gasteiger partial charge < -0.3 is 14.7 Å². The van der Waals surface area contributed by atoms with Crippen molar-refractivity contribution in [3.05, 3.63) is 35.0 Å². The van der Waals surface area contributed by atoms with Crippen molar-refractivity contribution in [2.45, 2.75) is 39.5 Å². The van der Waals surface area contributed by atoms with Gasteiger partial charge in [0, 0.05) is 50.9 Å². The number of nitrogens with one attached hydrogen (secondary N) is 1. The molecule has 0 bridgehead atoms. The molecule has 0 aliphatic carbocycles. The highest BCUT2D eigenvalue weighted by Crippen LogP contribution is 2.26. The van der Waals surface area contributed by atoms with E-state index < -0.39 is 0 Å². The van der Waals surface area contributed by atoms with E-state index in [1.54, 1.807) is 0 Å². The predicted molar refractivity (Wildman–Crippen MR) is 113 cm³/mol. The van der Waals surface area contributed by atoms with Crippen LogP contribution < -0.4 is 5.32 Å². The lowest BCUT2D eigenvalue weighted by Gasteiger charge is -2.21. The number of likely N-dealkylation sites (tertiary alicyclic amines) is 1. The van der Waals surface area contributed by atoms with Gasteiger partial charge in [-0.05, 0) is 39.2 Å². The fraction of sp³-hybridized carbons (Fsp3) is 0.611. The van der Waals surface area contributed by atoms with Gasteiger partial charge >= 0.3 is 0 Å². The van der Waals surface area contributed by atoms with Crippen molar-refractivity contribution in [3.63, 3.8) is 0 Å². The zero-order valence-electron chi connectivity index (χ0n) is 16.0. The molecule has 1 unspecified atom stereocenters. The van der Waals surface area contributed by atoms with E-state index in [-0.39, 0.29) is 24.0 Å². The first-order valence-electron chi connectivity index (χ1n) is 9.02. The Morgan fingerprint density at radius 1 is 1.42 bits per heavy atom. The molecule has 1 fully saturated rings. The molecule has 3 heterocycles. The summed E-state index contributed by atoms with van der Waals surface area (Å²) in [7, 11) is 1.97. The molecule has 144 valence electrons. The van der Waals surface area contributed by atoms with Crippen molar-refractivity contribution in [2.75, 3.05) is 26.2 Å². The van der Waals surface area contributed by atoms with Crippen LogP contribution in [0.1, 0.15) is 41.8 Å². The SMILES string of the molecule is CCNC(=NCCc1c(C)noc1C)N1CCC(c2cnn(C)c2)C1.I. The maximum absolute atomic E-state index is 5.23. The summed E-state index contributed by atoms with van der Waals surface area (Å²) in [4.78, 5) is 7.18. The van der Waals surface area contributed by atoms with Crippen LogP contribution in [0.25, 0.3) is 0 Å². The number of hydrogen-bond donors (Lipinski definition) is 1. The summed E-state index contributed by atoms with van der Waals surface area (Å²) >= 11 is 0. The van der Waals surface area contributed by atoms with Gasteiger partial charge in [0.2, 0.25) is 0 Å². The number of aliphatic imine (C=N–C) groups is 1. The summed E-state index contributed by atoms with van der Waals surface area (Å²) in [6, 6.07) is 0. The predicted octanol–water partition coefficient (Wildman–Crippen LogP) is 2.64. The molecule has 2 aromatic heterocycles. The van der Waals surface area contributed by atoms with Crippen LogP contribution in [0.15, 0.2) is 21.9 Å². The summed E-state index contributed by atoms with van der Waals surface area (Å²) in [6.07, 6.45) is 6.10. The second kappa shape index (κ2) is 9.38. The normalized spacial score (nSPS) is 17.5. The number of nitrogens with zero attached hydrogens (tertiary/aromatic N) is 5. The molecule has 0 spiro atoms. The van der Waals surface area contributed by atoms with Gasteiger partial charge in [0.1, 0.15) is 5.76 Å². The number of aryl methyl sites for hydroxylation is 3. The lowest BCUT2D eigenvalue weighted by molar-refractivity contribution is 0.392. The van der Waals surface area contributed by atoms with Gasteiger partial charge in [-0.1, -0.05) is 5.16 Å². The lowest BCUT2D eigenvalue weighted by atomic mass is 10.0. The Hall–Kier alpha value is -1.58. The zero-order valence-corrected chi connectivity index (χ0v) is 18.4. The number of hydrogen-bond acceptors (Lipinski definition) is 4. The fourth-order valence-electron chi connectivity index (χ4n) is 3.43. The average molecular weight is 472 g/mol. The third kappa shape index (κ3) is 4.77. The van der Waals surface area contributed by atoms with Crippen molar-refractivity contribution < 1.29 is 4.52 Å². The minimum absolute atomic E-state index is 0. The van der Waals surface area contributed by atoms with Crippen LogP contribution in [0.2, 0.25) is 0 Å². The number of rotatable bonds is 5. The van der Waals surface area contributed by atoms with E-state index in [1.165, 1.54) is 11.1 Å². The van der Waals surface area contributed by atoms with Crippen LogP contribution >= 0.6 is 24.0 Å². The Morgan fingerprint density at radius 2 is 2.23 bits per heavy atom. The maximum atomic E-state index is 5.23. The Balaban J connectivity index is 0.00000243. The quantitative estimate of drug-likeness (QED) is 0.412. The van der Waals surface area contributed by atoms with Crippen molar-refractivity contribution in [1.29, 1.82) is 0 Å². The third-order valence-corrected chi connectivity index (χ3v) is 4.82. The molecule has 0 amide bonds. The summed E-state index contributed by atoms with van der Waals surface area (Å²) in [5, 5.41) is 11.7. The van der Waals surface area contributed by atoms with E-state index >= 15 is 0 Å². The summed E-state index contributed by atoms with van der Waals surface area (Å²) in [5.41, 5.74) is 3.46. The zero-order chi connectivity index (χ0) is 17.8. The van der Waals surface area contributed by atoms with E-state index in [9.17, 15) is 0 Å². The smallest absolute Gasteiger partial charge is 0.193 e. The Bertz CT molecular complexity index is 718. The molecule has 1 N–H and O–H groups in total. The van der Waals surface area contributed by atoms with Crippen LogP contribution in [0.4, 0.5) is 0 Å². The van der Waals surface area contributed by atoms with Gasteiger partial charge in [0.25, 0.3) is 0 Å². The van der Waals surface area contributed by atoms with E-state index in [1.807, 2.05) is 31.8 Å². The molecular weight excluding hydrogens is 443 g/mol. The standard InChI is InChI=1S/C18H28N6O.HI/c1-5-19-18(20-8-6-17-13(2)22-25-14(17)3)24-9-7-15(12-24)16-10-21-23(4)11-16;/h10-11,15H,5-9,12H2,1-4H3,(H,19,20);1H. The monoisotopic (exact) mass is 472 g/mol. The number of guanidine groups is 1. The molecule has 1 saturated heterocycles. The molecule has 2 aromatic rings. The summed E-state index contributed by atoms with van der Waals surface area (Å²) in [6.45, 7) is 9.68. The molecule has 0 aromatic carbocycles. The van der Waals surface area contributed by atoms with Gasteiger partial charge in [-0.25, -0.2) is 0 Å². The van der Waals surface area contributed by atoms with Crippen LogP contribution in [0.3, 0.4) is 0 Å². The molecule has 8 heteroatoms. The average Bonchev–Trinajstić information content (AvgIpc) is 3.30. The van der Waals surface area contributed by atoms with Crippen LogP contribution in [-0.4, -0.2) is 52.0 Å². The largest absolute Gasteiger partial charge is 0.361 e. The Kier molecular flexibility index (Phi) is 7.48. The molecule has 3 rings (SSSR count).